The van der Waals surface area contributed by atoms with Crippen LogP contribution in [-0.2, 0) is 15.1 Å². The predicted molar refractivity (Wildman–Crippen MR) is 80.4 cm³/mol. The van der Waals surface area contributed by atoms with Crippen LogP contribution in [0.5, 0.6) is 0 Å². The van der Waals surface area contributed by atoms with E-state index >= 15 is 0 Å². The molecule has 0 aromatic heterocycles. The number of nitrogens with one attached hydrogen (secondary N) is 1. The van der Waals surface area contributed by atoms with Crippen LogP contribution in [0.1, 0.15) is 24.8 Å². The van der Waals surface area contributed by atoms with Gasteiger partial charge >= 0.3 is 0 Å². The van der Waals surface area contributed by atoms with Crippen molar-refractivity contribution in [3.63, 3.8) is 0 Å². The minimum atomic E-state index is -1.20. The van der Waals surface area contributed by atoms with Crippen LogP contribution in [0.2, 0.25) is 0 Å². The Hall–Kier alpha value is -2.48. The Morgan fingerprint density at radius 2 is 2.26 bits per heavy atom. The average molecular weight is 316 g/mol. The normalized spacial score (nSPS) is 31.9. The summed E-state index contributed by atoms with van der Waals surface area (Å²) in [6.45, 7) is 0.685. The van der Waals surface area contributed by atoms with Crippen molar-refractivity contribution in [2.45, 2.75) is 30.8 Å². The second-order valence-corrected chi connectivity index (χ2v) is 6.39. The van der Waals surface area contributed by atoms with Gasteiger partial charge in [-0.15, -0.1) is 0 Å². The second-order valence-electron chi connectivity index (χ2n) is 6.39. The van der Waals surface area contributed by atoms with E-state index in [-0.39, 0.29) is 17.6 Å². The van der Waals surface area contributed by atoms with E-state index in [2.05, 4.69) is 5.32 Å². The number of fused-ring (bicyclic) bond motifs is 4. The number of non-ortho nitro benzene ring substituents is 1. The molecule has 3 atom stereocenters. The first-order chi connectivity index (χ1) is 11.0. The van der Waals surface area contributed by atoms with Crippen molar-refractivity contribution >= 4 is 23.2 Å². The molecule has 0 radical (unpaired) electrons. The smallest absolute Gasteiger partial charge is 0.269 e. The number of nitro benzene ring substituents is 1. The van der Waals surface area contributed by atoms with Gasteiger partial charge in [-0.25, -0.2) is 0 Å². The largest absolute Gasteiger partial charge is 0.369 e. The highest BCUT2D eigenvalue weighted by atomic mass is 16.6. The molecular weight excluding hydrogens is 300 g/mol. The first-order valence-electron chi connectivity index (χ1n) is 7.62. The van der Waals surface area contributed by atoms with Crippen molar-refractivity contribution < 1.29 is 14.5 Å². The molecule has 3 heterocycles. The Labute approximate surface area is 131 Å². The maximum atomic E-state index is 12.9. The van der Waals surface area contributed by atoms with E-state index in [4.69, 9.17) is 5.73 Å². The maximum Gasteiger partial charge on any atom is 0.269 e. The lowest BCUT2D eigenvalue weighted by atomic mass is 9.78. The van der Waals surface area contributed by atoms with E-state index in [0.717, 1.165) is 12.8 Å². The van der Waals surface area contributed by atoms with Gasteiger partial charge < -0.3 is 11.1 Å². The first kappa shape index (κ1) is 14.1. The SMILES string of the molecule is NC(=O)[C@@H]1CC2CCCN2[C@@]12C(=O)Nc1ccc([N+](=O)[O-])cc12. The summed E-state index contributed by atoms with van der Waals surface area (Å²) in [5.74, 6) is -1.51. The zero-order valence-electron chi connectivity index (χ0n) is 12.3. The van der Waals surface area contributed by atoms with Crippen molar-refractivity contribution in [3.8, 4) is 0 Å². The molecule has 23 heavy (non-hydrogen) atoms. The number of nitrogens with two attached hydrogens (primary N) is 1. The number of primary amides is 1. The number of rotatable bonds is 2. The van der Waals surface area contributed by atoms with Crippen LogP contribution in [-0.4, -0.2) is 34.2 Å². The third kappa shape index (κ3) is 1.64. The number of carbonyl (C=O) groups is 2. The van der Waals surface area contributed by atoms with Gasteiger partial charge in [-0.2, -0.15) is 0 Å². The highest BCUT2D eigenvalue weighted by molar-refractivity contribution is 6.09. The van der Waals surface area contributed by atoms with Gasteiger partial charge in [0.15, 0.2) is 0 Å². The molecule has 0 bridgehead atoms. The monoisotopic (exact) mass is 316 g/mol. The Morgan fingerprint density at radius 1 is 1.48 bits per heavy atom. The highest BCUT2D eigenvalue weighted by Crippen LogP contribution is 2.55. The summed E-state index contributed by atoms with van der Waals surface area (Å²) in [4.78, 5) is 37.6. The molecule has 0 saturated carbocycles. The molecule has 3 aliphatic rings. The zero-order valence-corrected chi connectivity index (χ0v) is 12.3. The molecule has 1 spiro atoms. The fourth-order valence-electron chi connectivity index (χ4n) is 4.55. The summed E-state index contributed by atoms with van der Waals surface area (Å²) in [7, 11) is 0. The summed E-state index contributed by atoms with van der Waals surface area (Å²) in [5, 5.41) is 13.9. The molecule has 2 amide bonds. The molecule has 3 N–H and O–H groups in total. The predicted octanol–water partition coefficient (Wildman–Crippen LogP) is 0.712. The van der Waals surface area contributed by atoms with Crippen molar-refractivity contribution in [3.05, 3.63) is 33.9 Å². The Morgan fingerprint density at radius 3 is 2.96 bits per heavy atom. The van der Waals surface area contributed by atoms with Crippen LogP contribution in [0.3, 0.4) is 0 Å². The van der Waals surface area contributed by atoms with Crippen LogP contribution < -0.4 is 11.1 Å². The molecule has 1 aromatic rings. The third-order valence-corrected chi connectivity index (χ3v) is 5.40. The molecule has 2 fully saturated rings. The van der Waals surface area contributed by atoms with Gasteiger partial charge in [0.1, 0.15) is 5.54 Å². The van der Waals surface area contributed by atoms with Crippen molar-refractivity contribution in [2.75, 3.05) is 11.9 Å². The molecule has 120 valence electrons. The number of carbonyl (C=O) groups excluding carboxylic acids is 2. The molecular formula is C15H16N4O4. The topological polar surface area (TPSA) is 119 Å². The summed E-state index contributed by atoms with van der Waals surface area (Å²) in [5.41, 5.74) is 5.33. The number of hydrogen-bond donors (Lipinski definition) is 2. The van der Waals surface area contributed by atoms with Gasteiger partial charge in [-0.05, 0) is 31.9 Å². The quantitative estimate of drug-likeness (QED) is 0.615. The van der Waals surface area contributed by atoms with Crippen molar-refractivity contribution in [2.24, 2.45) is 11.7 Å². The van der Waals surface area contributed by atoms with E-state index in [1.54, 1.807) is 0 Å². The lowest BCUT2D eigenvalue weighted by Crippen LogP contribution is -2.53. The summed E-state index contributed by atoms with van der Waals surface area (Å²) >= 11 is 0. The lowest BCUT2D eigenvalue weighted by molar-refractivity contribution is -0.385. The number of amides is 2. The molecule has 8 nitrogen and oxygen atoms in total. The average Bonchev–Trinajstić information content (AvgIpc) is 3.13. The molecule has 1 aromatic carbocycles. The zero-order chi connectivity index (χ0) is 16.4. The van der Waals surface area contributed by atoms with Crippen LogP contribution in [0.15, 0.2) is 18.2 Å². The lowest BCUT2D eigenvalue weighted by Gasteiger charge is -2.35. The van der Waals surface area contributed by atoms with E-state index in [9.17, 15) is 19.7 Å². The van der Waals surface area contributed by atoms with E-state index in [1.807, 2.05) is 4.90 Å². The van der Waals surface area contributed by atoms with Gasteiger partial charge in [-0.1, -0.05) is 0 Å². The fourth-order valence-corrected chi connectivity index (χ4v) is 4.55. The molecule has 0 aliphatic carbocycles. The molecule has 2 saturated heterocycles. The van der Waals surface area contributed by atoms with Crippen molar-refractivity contribution in [1.29, 1.82) is 0 Å². The molecule has 1 unspecified atom stereocenters. The van der Waals surface area contributed by atoms with Crippen molar-refractivity contribution in [1.82, 2.24) is 4.90 Å². The highest BCUT2D eigenvalue weighted by Gasteiger charge is 2.65. The van der Waals surface area contributed by atoms with E-state index in [1.165, 1.54) is 18.2 Å². The van der Waals surface area contributed by atoms with Gasteiger partial charge in [0.2, 0.25) is 11.8 Å². The molecule has 3 aliphatic heterocycles. The van der Waals surface area contributed by atoms with Gasteiger partial charge in [0.05, 0.1) is 10.8 Å². The Kier molecular flexibility index (Phi) is 2.77. The summed E-state index contributed by atoms with van der Waals surface area (Å²) in [6.07, 6.45) is 2.36. The number of nitrogens with zero attached hydrogens (tertiary/aromatic N) is 2. The summed E-state index contributed by atoms with van der Waals surface area (Å²) in [6, 6.07) is 4.41. The third-order valence-electron chi connectivity index (χ3n) is 5.40. The minimum Gasteiger partial charge on any atom is -0.369 e. The first-order valence-corrected chi connectivity index (χ1v) is 7.62. The Bertz CT molecular complexity index is 749. The Balaban J connectivity index is 1.96. The van der Waals surface area contributed by atoms with E-state index in [0.29, 0.717) is 24.2 Å². The number of anilines is 1. The van der Waals surface area contributed by atoms with Crippen LogP contribution in [0.4, 0.5) is 11.4 Å². The van der Waals surface area contributed by atoms with Crippen LogP contribution in [0, 0.1) is 16.0 Å². The van der Waals surface area contributed by atoms with Crippen LogP contribution >= 0.6 is 0 Å². The summed E-state index contributed by atoms with van der Waals surface area (Å²) < 4.78 is 0. The van der Waals surface area contributed by atoms with Crippen LogP contribution in [0.25, 0.3) is 0 Å². The standard InChI is InChI=1S/C15H16N4O4/c16-13(20)11-6-8-2-1-5-18(8)15(11)10-7-9(19(22)23)3-4-12(10)17-14(15)21/h3-4,7-8,11H,1-2,5-6H2,(H2,16,20)(H,17,21)/t8?,11-,15+/m0/s1. The second kappa shape index (κ2) is 4.51. The number of nitro groups is 1. The molecule has 8 heteroatoms. The fraction of sp³-hybridized carbons (Fsp3) is 0.467. The van der Waals surface area contributed by atoms with E-state index < -0.39 is 22.3 Å². The van der Waals surface area contributed by atoms with Gasteiger partial charge in [-0.3, -0.25) is 24.6 Å². The maximum absolute atomic E-state index is 12.9. The van der Waals surface area contributed by atoms with Gasteiger partial charge in [0, 0.05) is 29.4 Å². The number of hydrogen-bond acceptors (Lipinski definition) is 5. The molecule has 4 rings (SSSR count). The minimum absolute atomic E-state index is 0.0921. The van der Waals surface area contributed by atoms with Gasteiger partial charge in [0.25, 0.3) is 5.69 Å². The number of benzene rings is 1.